The maximum absolute atomic E-state index is 12.3. The van der Waals surface area contributed by atoms with Gasteiger partial charge < -0.3 is 20.5 Å². The van der Waals surface area contributed by atoms with E-state index in [2.05, 4.69) is 15.0 Å². The molecule has 0 aliphatic carbocycles. The highest BCUT2D eigenvalue weighted by atomic mass is 32.1. The van der Waals surface area contributed by atoms with E-state index in [1.54, 1.807) is 0 Å². The van der Waals surface area contributed by atoms with Crippen LogP contribution in [-0.2, 0) is 16.1 Å². The second kappa shape index (κ2) is 8.55. The van der Waals surface area contributed by atoms with Gasteiger partial charge in [-0.05, 0) is 17.7 Å². The van der Waals surface area contributed by atoms with E-state index in [-0.39, 0.29) is 17.5 Å². The molecule has 2 aromatic carbocycles. The highest BCUT2D eigenvalue weighted by Crippen LogP contribution is 2.31. The second-order valence-electron chi connectivity index (χ2n) is 5.79. The van der Waals surface area contributed by atoms with Gasteiger partial charge in [0.1, 0.15) is 11.8 Å². The van der Waals surface area contributed by atoms with Crippen LogP contribution < -0.4 is 15.8 Å². The predicted octanol–water partition coefficient (Wildman–Crippen LogP) is 3.68. The molecule has 6 nitrogen and oxygen atoms in total. The number of nitrogens with one attached hydrogen (secondary N) is 1. The lowest BCUT2D eigenvalue weighted by atomic mass is 10.2. The lowest BCUT2D eigenvalue weighted by molar-refractivity contribution is -0.274. The standard InChI is InChI=1S/C18H16F3N3O3S/c19-18(20,21)27-12-6-7-14-15(8-12)28-17(23-14)24-16(25)13(22)10-26-9-11-4-2-1-3-5-11/h1-8,13H,9-10,22H2,(H,23,24,25)/t13-/m1/s1. The number of ether oxygens (including phenoxy) is 2. The molecule has 1 aromatic heterocycles. The molecule has 3 aromatic rings. The topological polar surface area (TPSA) is 86.5 Å². The van der Waals surface area contributed by atoms with Gasteiger partial charge in [0.05, 0.1) is 23.4 Å². The Balaban J connectivity index is 1.56. The summed E-state index contributed by atoms with van der Waals surface area (Å²) in [5.74, 6) is -0.855. The third kappa shape index (κ3) is 5.65. The van der Waals surface area contributed by atoms with Gasteiger partial charge in [0.2, 0.25) is 5.91 Å². The normalized spacial score (nSPS) is 12.7. The minimum Gasteiger partial charge on any atom is -0.406 e. The van der Waals surface area contributed by atoms with Gasteiger partial charge in [0.15, 0.2) is 5.13 Å². The number of hydrogen-bond acceptors (Lipinski definition) is 6. The molecule has 0 bridgehead atoms. The Morgan fingerprint density at radius 3 is 2.68 bits per heavy atom. The fourth-order valence-electron chi connectivity index (χ4n) is 2.31. The Bertz CT molecular complexity index is 947. The van der Waals surface area contributed by atoms with Crippen LogP contribution in [0.1, 0.15) is 5.56 Å². The van der Waals surface area contributed by atoms with Crippen molar-refractivity contribution in [1.29, 1.82) is 0 Å². The molecule has 28 heavy (non-hydrogen) atoms. The van der Waals surface area contributed by atoms with E-state index >= 15 is 0 Å². The average Bonchev–Trinajstić information content (AvgIpc) is 3.02. The summed E-state index contributed by atoms with van der Waals surface area (Å²) in [6, 6.07) is 12.3. The van der Waals surface area contributed by atoms with Gasteiger partial charge in [-0.2, -0.15) is 0 Å². The number of rotatable bonds is 7. The number of halogens is 3. The summed E-state index contributed by atoms with van der Waals surface area (Å²) < 4.78 is 46.6. The van der Waals surface area contributed by atoms with Crippen molar-refractivity contribution in [3.63, 3.8) is 0 Å². The molecular formula is C18H16F3N3O3S. The molecule has 0 spiro atoms. The first-order valence-corrected chi connectivity index (χ1v) is 8.96. The summed E-state index contributed by atoms with van der Waals surface area (Å²) in [4.78, 5) is 16.3. The molecule has 0 aliphatic rings. The van der Waals surface area contributed by atoms with Crippen molar-refractivity contribution in [3.05, 3.63) is 54.1 Å². The van der Waals surface area contributed by atoms with Gasteiger partial charge in [-0.15, -0.1) is 13.2 Å². The Hall–Kier alpha value is -2.69. The van der Waals surface area contributed by atoms with Crippen molar-refractivity contribution in [3.8, 4) is 5.75 Å². The van der Waals surface area contributed by atoms with E-state index < -0.39 is 18.3 Å². The predicted molar refractivity (Wildman–Crippen MR) is 99.0 cm³/mol. The van der Waals surface area contributed by atoms with Crippen LogP contribution >= 0.6 is 11.3 Å². The number of amides is 1. The van der Waals surface area contributed by atoms with Crippen LogP contribution in [0.2, 0.25) is 0 Å². The van der Waals surface area contributed by atoms with Crippen molar-refractivity contribution in [1.82, 2.24) is 4.98 Å². The molecule has 0 fully saturated rings. The molecule has 0 saturated carbocycles. The van der Waals surface area contributed by atoms with Gasteiger partial charge in [0, 0.05) is 6.07 Å². The lowest BCUT2D eigenvalue weighted by Crippen LogP contribution is -2.39. The number of nitrogens with two attached hydrogens (primary N) is 1. The summed E-state index contributed by atoms with van der Waals surface area (Å²) in [6.07, 6.45) is -4.78. The summed E-state index contributed by atoms with van der Waals surface area (Å²) in [6.45, 7) is 0.333. The third-order valence-corrected chi connectivity index (χ3v) is 4.50. The average molecular weight is 411 g/mol. The molecule has 0 saturated heterocycles. The first-order chi connectivity index (χ1) is 13.3. The Labute approximate surface area is 162 Å². The number of carbonyl (C=O) groups excluding carboxylic acids is 1. The molecule has 0 radical (unpaired) electrons. The Morgan fingerprint density at radius 2 is 1.96 bits per heavy atom. The van der Waals surface area contributed by atoms with Gasteiger partial charge >= 0.3 is 6.36 Å². The number of nitrogens with zero attached hydrogens (tertiary/aromatic N) is 1. The number of alkyl halides is 3. The zero-order chi connectivity index (χ0) is 20.1. The van der Waals surface area contributed by atoms with E-state index in [1.807, 2.05) is 30.3 Å². The maximum atomic E-state index is 12.3. The molecule has 10 heteroatoms. The molecule has 1 atom stereocenters. The monoisotopic (exact) mass is 411 g/mol. The van der Waals surface area contributed by atoms with Crippen LogP contribution in [0, 0.1) is 0 Å². The van der Waals surface area contributed by atoms with Crippen molar-refractivity contribution >= 4 is 32.6 Å². The summed E-state index contributed by atoms with van der Waals surface area (Å²) in [5.41, 5.74) is 7.20. The number of fused-ring (bicyclic) bond motifs is 1. The van der Waals surface area contributed by atoms with E-state index in [0.29, 0.717) is 16.8 Å². The molecule has 148 valence electrons. The Kier molecular flexibility index (Phi) is 6.12. The quantitative estimate of drug-likeness (QED) is 0.620. The van der Waals surface area contributed by atoms with Crippen LogP contribution in [0.3, 0.4) is 0 Å². The van der Waals surface area contributed by atoms with Crippen molar-refractivity contribution < 1.29 is 27.4 Å². The number of hydrogen-bond donors (Lipinski definition) is 2. The molecular weight excluding hydrogens is 395 g/mol. The van der Waals surface area contributed by atoms with Crippen molar-refractivity contribution in [2.45, 2.75) is 19.0 Å². The van der Waals surface area contributed by atoms with Crippen LogP contribution in [-0.4, -0.2) is 29.9 Å². The zero-order valence-electron chi connectivity index (χ0n) is 14.4. The number of anilines is 1. The van der Waals surface area contributed by atoms with E-state index in [9.17, 15) is 18.0 Å². The summed E-state index contributed by atoms with van der Waals surface area (Å²) in [7, 11) is 0. The number of carbonyl (C=O) groups is 1. The minimum absolute atomic E-state index is 0.00912. The molecule has 0 unspecified atom stereocenters. The minimum atomic E-state index is -4.78. The molecule has 1 heterocycles. The maximum Gasteiger partial charge on any atom is 0.573 e. The van der Waals surface area contributed by atoms with Gasteiger partial charge in [-0.3, -0.25) is 4.79 Å². The number of thiazole rings is 1. The van der Waals surface area contributed by atoms with Crippen molar-refractivity contribution in [2.24, 2.45) is 5.73 Å². The third-order valence-electron chi connectivity index (χ3n) is 3.57. The van der Waals surface area contributed by atoms with E-state index in [4.69, 9.17) is 10.5 Å². The van der Waals surface area contributed by atoms with Crippen LogP contribution in [0.25, 0.3) is 10.2 Å². The Morgan fingerprint density at radius 1 is 1.21 bits per heavy atom. The van der Waals surface area contributed by atoms with E-state index in [0.717, 1.165) is 23.0 Å². The van der Waals surface area contributed by atoms with Gasteiger partial charge in [-0.25, -0.2) is 4.98 Å². The van der Waals surface area contributed by atoms with Crippen LogP contribution in [0.15, 0.2) is 48.5 Å². The molecule has 1 amide bonds. The molecule has 3 N–H and O–H groups in total. The smallest absolute Gasteiger partial charge is 0.406 e. The zero-order valence-corrected chi connectivity index (χ0v) is 15.2. The van der Waals surface area contributed by atoms with Crippen LogP contribution in [0.5, 0.6) is 5.75 Å². The highest BCUT2D eigenvalue weighted by Gasteiger charge is 2.31. The fraction of sp³-hybridized carbons (Fsp3) is 0.222. The molecule has 0 aliphatic heterocycles. The highest BCUT2D eigenvalue weighted by molar-refractivity contribution is 7.22. The summed E-state index contributed by atoms with van der Waals surface area (Å²) in [5, 5.41) is 2.77. The number of benzene rings is 2. The largest absolute Gasteiger partial charge is 0.573 e. The SMILES string of the molecule is N[C@H](COCc1ccccc1)C(=O)Nc1nc2ccc(OC(F)(F)F)cc2s1. The lowest BCUT2D eigenvalue weighted by Gasteiger charge is -2.11. The van der Waals surface area contributed by atoms with Crippen molar-refractivity contribution in [2.75, 3.05) is 11.9 Å². The fourth-order valence-corrected chi connectivity index (χ4v) is 3.20. The molecule has 3 rings (SSSR count). The summed E-state index contributed by atoms with van der Waals surface area (Å²) >= 11 is 1.02. The van der Waals surface area contributed by atoms with E-state index in [1.165, 1.54) is 12.1 Å². The van der Waals surface area contributed by atoms with Crippen LogP contribution in [0.4, 0.5) is 18.3 Å². The second-order valence-corrected chi connectivity index (χ2v) is 6.82. The first kappa shape index (κ1) is 20.1. The van der Waals surface area contributed by atoms with Gasteiger partial charge in [-0.1, -0.05) is 41.7 Å². The first-order valence-electron chi connectivity index (χ1n) is 8.14. The number of aromatic nitrogens is 1. The van der Waals surface area contributed by atoms with Gasteiger partial charge in [0.25, 0.3) is 0 Å².